The monoisotopic (exact) mass is 348 g/mol. The molecule has 4 nitrogen and oxygen atoms in total. The summed E-state index contributed by atoms with van der Waals surface area (Å²) in [5.41, 5.74) is -3.26. The van der Waals surface area contributed by atoms with Crippen molar-refractivity contribution >= 4 is 22.6 Å². The second-order valence-electron chi connectivity index (χ2n) is 3.39. The first kappa shape index (κ1) is 13.3. The van der Waals surface area contributed by atoms with E-state index in [1.54, 1.807) is 18.8 Å². The maximum atomic E-state index is 12.4. The van der Waals surface area contributed by atoms with Gasteiger partial charge in [-0.25, -0.2) is 4.79 Å². The molecule has 0 fully saturated rings. The summed E-state index contributed by atoms with van der Waals surface area (Å²) in [6, 6.07) is -0.493. The molecule has 1 rings (SSSR count). The minimum absolute atomic E-state index is 0.493. The first-order valence-electron chi connectivity index (χ1n) is 4.27. The molecule has 0 aliphatic carbocycles. The highest BCUT2D eigenvalue weighted by Gasteiger charge is 2.36. The Labute approximate surface area is 102 Å². The Hall–Kier alpha value is -0.800. The van der Waals surface area contributed by atoms with Gasteiger partial charge in [0.05, 0.1) is 0 Å². The summed E-state index contributed by atoms with van der Waals surface area (Å²) < 4.78 is 37.5. The van der Waals surface area contributed by atoms with Gasteiger partial charge in [-0.3, -0.25) is 9.36 Å². The molecule has 0 saturated heterocycles. The first-order chi connectivity index (χ1) is 7.16. The Bertz CT molecular complexity index is 515. The summed E-state index contributed by atoms with van der Waals surface area (Å²) >= 11 is 1.28. The van der Waals surface area contributed by atoms with E-state index in [4.69, 9.17) is 0 Å². The van der Waals surface area contributed by atoms with Gasteiger partial charge in [0.25, 0.3) is 5.56 Å². The molecule has 90 valence electrons. The Morgan fingerprint density at radius 1 is 1.31 bits per heavy atom. The van der Waals surface area contributed by atoms with Crippen molar-refractivity contribution in [3.8, 4) is 0 Å². The third-order valence-corrected chi connectivity index (χ3v) is 2.88. The summed E-state index contributed by atoms with van der Waals surface area (Å²) in [5, 5.41) is 0. The Morgan fingerprint density at radius 2 is 1.81 bits per heavy atom. The second kappa shape index (κ2) is 4.22. The van der Waals surface area contributed by atoms with Gasteiger partial charge in [0.1, 0.15) is 9.26 Å². The van der Waals surface area contributed by atoms with E-state index in [-0.39, 0.29) is 0 Å². The zero-order chi connectivity index (χ0) is 12.7. The van der Waals surface area contributed by atoms with E-state index < -0.39 is 32.7 Å². The molecule has 0 amide bonds. The zero-order valence-electron chi connectivity index (χ0n) is 8.35. The second-order valence-corrected chi connectivity index (χ2v) is 4.46. The number of hydrogen-bond donors (Lipinski definition) is 1. The lowest BCUT2D eigenvalue weighted by Crippen LogP contribution is -2.40. The van der Waals surface area contributed by atoms with Crippen LogP contribution < -0.4 is 11.2 Å². The minimum atomic E-state index is -4.73. The van der Waals surface area contributed by atoms with Crippen LogP contribution in [0.2, 0.25) is 0 Å². The number of aromatic nitrogens is 2. The average Bonchev–Trinajstić information content (AvgIpc) is 2.09. The molecule has 1 aromatic rings. The van der Waals surface area contributed by atoms with E-state index >= 15 is 0 Å². The van der Waals surface area contributed by atoms with Gasteiger partial charge in [-0.2, -0.15) is 13.2 Å². The third kappa shape index (κ3) is 2.30. The molecule has 0 aliphatic heterocycles. The Balaban J connectivity index is 3.66. The lowest BCUT2D eigenvalue weighted by molar-refractivity contribution is -0.142. The van der Waals surface area contributed by atoms with Gasteiger partial charge in [-0.05, 0) is 36.4 Å². The van der Waals surface area contributed by atoms with Crippen LogP contribution in [-0.4, -0.2) is 9.55 Å². The lowest BCUT2D eigenvalue weighted by atomic mass is 10.3. The Morgan fingerprint density at radius 3 is 2.19 bits per heavy atom. The van der Waals surface area contributed by atoms with Gasteiger partial charge >= 0.3 is 11.9 Å². The molecular formula is C8H8F3IN2O2. The van der Waals surface area contributed by atoms with E-state index in [2.05, 4.69) is 0 Å². The van der Waals surface area contributed by atoms with Crippen LogP contribution in [0.4, 0.5) is 13.2 Å². The normalized spacial score (nSPS) is 12.2. The molecule has 1 N–H and O–H groups in total. The predicted octanol–water partition coefficient (Wildman–Crippen LogP) is 1.74. The predicted molar refractivity (Wildman–Crippen MR) is 59.4 cm³/mol. The van der Waals surface area contributed by atoms with Crippen LogP contribution >= 0.6 is 22.6 Å². The summed E-state index contributed by atoms with van der Waals surface area (Å²) in [6.45, 7) is 3.08. The highest BCUT2D eigenvalue weighted by atomic mass is 127. The van der Waals surface area contributed by atoms with Gasteiger partial charge < -0.3 is 4.98 Å². The van der Waals surface area contributed by atoms with Crippen molar-refractivity contribution < 1.29 is 13.2 Å². The van der Waals surface area contributed by atoms with Crippen molar-refractivity contribution in [2.75, 3.05) is 0 Å². The molecule has 0 aliphatic rings. The van der Waals surface area contributed by atoms with Crippen molar-refractivity contribution in [2.45, 2.75) is 26.1 Å². The van der Waals surface area contributed by atoms with Gasteiger partial charge in [0.15, 0.2) is 0 Å². The van der Waals surface area contributed by atoms with E-state index in [0.717, 1.165) is 4.57 Å². The molecule has 0 bridgehead atoms. The third-order valence-electron chi connectivity index (χ3n) is 1.88. The highest BCUT2D eigenvalue weighted by Crippen LogP contribution is 2.28. The molecule has 0 saturated carbocycles. The lowest BCUT2D eigenvalue weighted by Gasteiger charge is -2.13. The fourth-order valence-electron chi connectivity index (χ4n) is 1.19. The fraction of sp³-hybridized carbons (Fsp3) is 0.500. The smallest absolute Gasteiger partial charge is 0.302 e. The van der Waals surface area contributed by atoms with Crippen LogP contribution in [0.15, 0.2) is 9.59 Å². The van der Waals surface area contributed by atoms with Crippen LogP contribution in [0.5, 0.6) is 0 Å². The largest absolute Gasteiger partial charge is 0.432 e. The van der Waals surface area contributed by atoms with Crippen LogP contribution in [0.1, 0.15) is 25.6 Å². The van der Waals surface area contributed by atoms with Gasteiger partial charge in [-0.1, -0.05) is 0 Å². The topological polar surface area (TPSA) is 54.9 Å². The number of hydrogen-bond acceptors (Lipinski definition) is 2. The Kier molecular flexibility index (Phi) is 3.50. The van der Waals surface area contributed by atoms with Gasteiger partial charge in [0, 0.05) is 6.04 Å². The molecule has 0 radical (unpaired) electrons. The number of nitrogens with zero attached hydrogens (tertiary/aromatic N) is 1. The van der Waals surface area contributed by atoms with Crippen LogP contribution in [0.3, 0.4) is 0 Å². The number of aromatic amines is 1. The number of halogens is 4. The van der Waals surface area contributed by atoms with Gasteiger partial charge in [-0.15, -0.1) is 0 Å². The van der Waals surface area contributed by atoms with Gasteiger partial charge in [0.2, 0.25) is 0 Å². The highest BCUT2D eigenvalue weighted by molar-refractivity contribution is 14.1. The summed E-state index contributed by atoms with van der Waals surface area (Å²) in [6.07, 6.45) is -4.73. The maximum absolute atomic E-state index is 12.4. The molecule has 16 heavy (non-hydrogen) atoms. The standard InChI is InChI=1S/C8H8F3IN2O2/c1-3(2)14-6(15)4(12)5(8(9,10)11)13-7(14)16/h3H,1-2H3,(H,13,16). The summed E-state index contributed by atoms with van der Waals surface area (Å²) in [7, 11) is 0. The van der Waals surface area contributed by atoms with Crippen LogP contribution in [0, 0.1) is 3.57 Å². The van der Waals surface area contributed by atoms with E-state index in [1.165, 1.54) is 22.6 Å². The number of rotatable bonds is 1. The van der Waals surface area contributed by atoms with Crippen molar-refractivity contribution in [3.63, 3.8) is 0 Å². The van der Waals surface area contributed by atoms with Crippen molar-refractivity contribution in [1.82, 2.24) is 9.55 Å². The van der Waals surface area contributed by atoms with Crippen molar-refractivity contribution in [2.24, 2.45) is 0 Å². The minimum Gasteiger partial charge on any atom is -0.302 e. The van der Waals surface area contributed by atoms with E-state index in [1.807, 2.05) is 0 Å². The molecule has 0 atom stereocenters. The van der Waals surface area contributed by atoms with Crippen molar-refractivity contribution in [3.05, 3.63) is 30.1 Å². The molecule has 8 heteroatoms. The van der Waals surface area contributed by atoms with Crippen LogP contribution in [0.25, 0.3) is 0 Å². The number of alkyl halides is 3. The fourth-order valence-corrected chi connectivity index (χ4v) is 1.89. The molecule has 1 aromatic heterocycles. The first-order valence-corrected chi connectivity index (χ1v) is 5.35. The molecule has 0 unspecified atom stereocenters. The summed E-state index contributed by atoms with van der Waals surface area (Å²) in [5.74, 6) is 0. The summed E-state index contributed by atoms with van der Waals surface area (Å²) in [4.78, 5) is 24.5. The average molecular weight is 348 g/mol. The molecular weight excluding hydrogens is 340 g/mol. The molecule has 0 aromatic carbocycles. The van der Waals surface area contributed by atoms with Crippen LogP contribution in [-0.2, 0) is 6.18 Å². The number of H-pyrrole nitrogens is 1. The quantitative estimate of drug-likeness (QED) is 0.787. The molecule has 1 heterocycles. The number of nitrogens with one attached hydrogen (secondary N) is 1. The van der Waals surface area contributed by atoms with E-state index in [9.17, 15) is 22.8 Å². The maximum Gasteiger partial charge on any atom is 0.432 e. The zero-order valence-corrected chi connectivity index (χ0v) is 10.5. The molecule has 0 spiro atoms. The SMILES string of the molecule is CC(C)n1c(=O)[nH]c(C(F)(F)F)c(I)c1=O. The van der Waals surface area contributed by atoms with E-state index in [0.29, 0.717) is 0 Å². The van der Waals surface area contributed by atoms with Crippen molar-refractivity contribution in [1.29, 1.82) is 0 Å².